The number of fused-ring (bicyclic) bond motifs is 10. The molecule has 8 aromatic carbocycles. The van der Waals surface area contributed by atoms with Gasteiger partial charge < -0.3 is 0 Å². The van der Waals surface area contributed by atoms with E-state index in [9.17, 15) is 2.74 Å². The molecule has 67 heavy (non-hydrogen) atoms. The van der Waals surface area contributed by atoms with Gasteiger partial charge in [0.1, 0.15) is 0 Å². The first kappa shape index (κ1) is 33.9. The van der Waals surface area contributed by atoms with Gasteiger partial charge in [-0.15, -0.1) is 6.07 Å². The van der Waals surface area contributed by atoms with Gasteiger partial charge in [-0.1, -0.05) is 30.3 Å². The molecule has 6 nitrogen and oxygen atoms in total. The van der Waals surface area contributed by atoms with Crippen molar-refractivity contribution >= 4 is 46.4 Å². The first-order valence-electron chi connectivity index (χ1n) is 25.2. The normalized spacial score (nSPS) is 14.6. The molecule has 0 atom stereocenters. The van der Waals surface area contributed by atoms with Gasteiger partial charge in [-0.3, -0.25) is 0 Å². The van der Waals surface area contributed by atoms with Crippen molar-refractivity contribution in [3.8, 4) is 67.5 Å². The molecule has 0 spiro atoms. The third-order valence-electron chi connectivity index (χ3n) is 13.1. The van der Waals surface area contributed by atoms with Crippen LogP contribution in [-0.2, 0) is 24.8 Å². The fourth-order valence-electron chi connectivity index (χ4n) is 10.2. The van der Waals surface area contributed by atoms with Crippen LogP contribution >= 0.6 is 0 Å². The second kappa shape index (κ2) is 15.0. The summed E-state index contributed by atoms with van der Waals surface area (Å²) in [6.07, 6.45) is 0. The fraction of sp³-hybridized carbons (Fsp3) is 0.0847. The van der Waals surface area contributed by atoms with Crippen LogP contribution in [0.1, 0.15) is 40.1 Å². The molecule has 0 aliphatic carbocycles. The van der Waals surface area contributed by atoms with Gasteiger partial charge in [-0.05, 0) is 11.6 Å². The van der Waals surface area contributed by atoms with Crippen LogP contribution in [0, 0.1) is 22.8 Å². The van der Waals surface area contributed by atoms with Crippen LogP contribution in [-0.4, -0.2) is 21.1 Å². The van der Waals surface area contributed by atoms with Crippen molar-refractivity contribution in [1.82, 2.24) is 14.1 Å². The molecule has 324 valence electrons. The van der Waals surface area contributed by atoms with Crippen LogP contribution in [0.25, 0.3) is 66.9 Å². The molecule has 0 saturated heterocycles. The van der Waals surface area contributed by atoms with Crippen molar-refractivity contribution in [2.45, 2.75) is 33.0 Å². The molecule has 0 unspecified atom stereocenters. The smallest absolute Gasteiger partial charge is 0.0275 e. The molecule has 0 N–H and O–H groups in total. The topological polar surface area (TPSA) is 38.5 Å². The molecular formula is C59H42BN5OPt-2. The summed E-state index contributed by atoms with van der Waals surface area (Å²) >= 11 is 2.37. The fourth-order valence-corrected chi connectivity index (χ4v) is 11.2. The molecule has 5 heterocycles. The largest absolute Gasteiger partial charge is 0.0615 e. The monoisotopic (exact) mass is 1050 g/mol. The van der Waals surface area contributed by atoms with E-state index in [1.807, 2.05) is 115 Å². The third-order valence-corrected chi connectivity index (χ3v) is 14.1. The van der Waals surface area contributed by atoms with E-state index in [0.29, 0.717) is 39.8 Å². The number of anilines is 4. The Hall–Kier alpha value is -7.47. The maximum absolute atomic E-state index is 9.33. The average Bonchev–Trinajstić information content (AvgIpc) is 3.90. The Morgan fingerprint density at radius 2 is 1.37 bits per heavy atom. The zero-order valence-electron chi connectivity index (χ0n) is 42.6. The first-order chi connectivity index (χ1) is 35.2. The number of ether oxygens (including phenoxy) is 1. The van der Waals surface area contributed by atoms with E-state index in [-0.39, 0.29) is 29.1 Å². The summed E-state index contributed by atoms with van der Waals surface area (Å²) < 4.78 is 65.5. The Balaban J connectivity index is 0.969. The number of hydrogen-bond acceptors (Lipinski definition) is 4. The third kappa shape index (κ3) is 6.14. The van der Waals surface area contributed by atoms with Crippen LogP contribution in [0.15, 0.2) is 182 Å². The van der Waals surface area contributed by atoms with Gasteiger partial charge in [0.15, 0.2) is 0 Å². The molecule has 10 aromatic rings. The number of pyridine rings is 1. The van der Waals surface area contributed by atoms with E-state index < -0.39 is 13.8 Å². The van der Waals surface area contributed by atoms with Gasteiger partial charge in [0.25, 0.3) is 0 Å². The van der Waals surface area contributed by atoms with Gasteiger partial charge >= 0.3 is 336 Å². The number of hydrogen-bond donors (Lipinski definition) is 0. The first-order valence-corrected chi connectivity index (χ1v) is 23.4. The Bertz CT molecular complexity index is 4030. The van der Waals surface area contributed by atoms with Crippen LogP contribution in [0.3, 0.4) is 0 Å². The number of nitrogens with zero attached hydrogens (tertiary/aromatic N) is 5. The molecule has 0 bridgehead atoms. The maximum Gasteiger partial charge on any atom is 0.0275 e. The van der Waals surface area contributed by atoms with E-state index in [1.54, 1.807) is 6.07 Å². The molecule has 0 saturated carbocycles. The van der Waals surface area contributed by atoms with Gasteiger partial charge in [0.2, 0.25) is 0 Å². The van der Waals surface area contributed by atoms with E-state index in [2.05, 4.69) is 113 Å². The van der Waals surface area contributed by atoms with Crippen LogP contribution in [0.2, 0.25) is 0 Å². The average molecular weight is 1050 g/mol. The zero-order valence-corrected chi connectivity index (χ0v) is 38.9. The summed E-state index contributed by atoms with van der Waals surface area (Å²) in [6, 6.07) is 60.6. The minimum Gasteiger partial charge on any atom is -0.0615 e. The molecular weight excluding hydrogens is 1000 g/mol. The second-order valence-corrected chi connectivity index (χ2v) is 19.1. The van der Waals surface area contributed by atoms with Crippen molar-refractivity contribution in [3.63, 3.8) is 0 Å². The van der Waals surface area contributed by atoms with Gasteiger partial charge in [-0.2, -0.15) is 12.1 Å². The Labute approximate surface area is 410 Å². The summed E-state index contributed by atoms with van der Waals surface area (Å²) in [6.45, 7) is 3.70. The quantitative estimate of drug-likeness (QED) is 0.123. The summed E-state index contributed by atoms with van der Waals surface area (Å²) in [5.41, 5.74) is 14.2. The standard InChI is InChI=1S/C59H42BN5O.Pt/c1-38-33-48(39-17-6-5-7-18-39)57(49(34-38)40-19-14-20-41(35-40)59(2,3)4)63-37-62(51-27-10-11-28-52(51)63)42-21-15-22-43(36-42)66-55-32-31-47-46-25-16-24-45-44-23-8-9-26-50(44)64-53-29-12-13-30-54(53)65(58(47)61-55)60(64)56(45)46;/h5-29,31-35H,1-4H3;/q-2;/i1D3,16D,24D,25D;. The summed E-state index contributed by atoms with van der Waals surface area (Å²) in [7, 11) is 0. The van der Waals surface area contributed by atoms with Crippen molar-refractivity contribution in [2.75, 3.05) is 9.62 Å². The Morgan fingerprint density at radius 3 is 2.19 bits per heavy atom. The minimum atomic E-state index is -2.37. The van der Waals surface area contributed by atoms with Crippen LogP contribution in [0.4, 0.5) is 22.9 Å². The molecule has 8 heteroatoms. The molecule has 3 aliphatic rings. The summed E-state index contributed by atoms with van der Waals surface area (Å²) in [5, 5.41) is 0. The van der Waals surface area contributed by atoms with Crippen molar-refractivity contribution in [1.29, 1.82) is 0 Å². The van der Waals surface area contributed by atoms with Crippen molar-refractivity contribution < 1.29 is 32.3 Å². The number of aryl methyl sites for hydroxylation is 1. The summed E-state index contributed by atoms with van der Waals surface area (Å²) in [5.74, 6) is 1.29. The SMILES string of the molecule is [2H]c1c([2H])c2c3c(c1[2H])-c1ccc(Oc4[c-]c(-n5[c](=[Pt])n(-c6c(-c7ccccc7)cc(C([2H])([2H])[2H])cc6-c6cccc(C(C)(C)C)c6)c6ccccc65)ccc4)nc1N1B3N(c3ccc[c-]c31)c1ccccc1-2. The second-order valence-electron chi connectivity index (χ2n) is 18.1. The van der Waals surface area contributed by atoms with Crippen LogP contribution in [0.5, 0.6) is 11.6 Å². The number of para-hydroxylation sites is 4. The number of aromatic nitrogens is 3. The minimum absolute atomic E-state index is 0.0130. The molecule has 0 radical (unpaired) electrons. The van der Waals surface area contributed by atoms with Crippen LogP contribution < -0.4 is 19.8 Å². The number of benzene rings is 8. The zero-order chi connectivity index (χ0) is 50.2. The molecule has 13 rings (SSSR count). The van der Waals surface area contributed by atoms with Gasteiger partial charge in [-0.25, -0.2) is 0 Å². The predicted octanol–water partition coefficient (Wildman–Crippen LogP) is 13.9. The van der Waals surface area contributed by atoms with E-state index in [0.717, 1.165) is 76.4 Å². The Kier molecular flexibility index (Phi) is 7.61. The molecule has 2 aromatic heterocycles. The maximum atomic E-state index is 9.33. The molecule has 3 aliphatic heterocycles. The van der Waals surface area contributed by atoms with Crippen molar-refractivity contribution in [2.24, 2.45) is 0 Å². The predicted molar refractivity (Wildman–Crippen MR) is 269 cm³/mol. The van der Waals surface area contributed by atoms with E-state index >= 15 is 0 Å². The van der Waals surface area contributed by atoms with Gasteiger partial charge in [0.05, 0.1) is 4.11 Å². The molecule has 0 amide bonds. The molecule has 0 fully saturated rings. The number of imidazole rings is 1. The van der Waals surface area contributed by atoms with E-state index in [1.165, 1.54) is 0 Å². The number of rotatable bonds is 6. The Morgan fingerprint density at radius 1 is 0.657 bits per heavy atom. The van der Waals surface area contributed by atoms with E-state index in [4.69, 9.17) is 15.2 Å². The van der Waals surface area contributed by atoms with Crippen molar-refractivity contribution in [3.05, 3.63) is 209 Å². The summed E-state index contributed by atoms with van der Waals surface area (Å²) in [4.78, 5) is 9.57. The van der Waals surface area contributed by atoms with Gasteiger partial charge in [0, 0.05) is 11.3 Å².